The fourth-order valence-corrected chi connectivity index (χ4v) is 8.38. The summed E-state index contributed by atoms with van der Waals surface area (Å²) in [6.07, 6.45) is 65.1. The molecule has 0 aromatic heterocycles. The van der Waals surface area contributed by atoms with Crippen molar-refractivity contribution in [3.8, 4) is 0 Å². The van der Waals surface area contributed by atoms with Gasteiger partial charge in [0.05, 0.1) is 44.6 Å². The Morgan fingerprint density at radius 2 is 0.350 bits per heavy atom. The molecule has 4 N–H and O–H groups in total. The van der Waals surface area contributed by atoms with E-state index in [-0.39, 0.29) is 48.8 Å². The van der Waals surface area contributed by atoms with E-state index >= 15 is 0 Å². The molecular weight excluding hydrogens is 737 g/mol. The number of carbonyl (C=O) groups excluding carboxylic acids is 4. The zero-order chi connectivity index (χ0) is 41.0. The number of ketones is 4. The van der Waals surface area contributed by atoms with Crippen LogP contribution in [0, 0.1) is 0 Å². The molecule has 9 aliphatic rings. The molecule has 60 heavy (non-hydrogen) atoms. The van der Waals surface area contributed by atoms with Crippen LogP contribution in [0.1, 0.15) is 25.7 Å². The second-order valence-electron chi connectivity index (χ2n) is 15.5. The highest BCUT2D eigenvalue weighted by Gasteiger charge is 2.39. The number of allylic oxidation sites excluding steroid dienone is 48. The van der Waals surface area contributed by atoms with Gasteiger partial charge in [0.15, 0.2) is 0 Å². The average Bonchev–Trinajstić information content (AvgIpc) is 3.89. The highest BCUT2D eigenvalue weighted by atomic mass is 16.1. The Morgan fingerprint density at radius 1 is 0.200 bits per heavy atom. The third-order valence-corrected chi connectivity index (χ3v) is 11.5. The zero-order valence-corrected chi connectivity index (χ0v) is 33.1. The van der Waals surface area contributed by atoms with E-state index in [1.807, 2.05) is 194 Å². The second kappa shape index (κ2) is 16.7. The summed E-state index contributed by atoms with van der Waals surface area (Å²) < 4.78 is 0. The van der Waals surface area contributed by atoms with Crippen molar-refractivity contribution in [1.29, 1.82) is 0 Å². The van der Waals surface area contributed by atoms with E-state index in [0.717, 1.165) is 44.6 Å². The normalized spacial score (nSPS) is 22.3. The van der Waals surface area contributed by atoms with E-state index in [2.05, 4.69) is 0 Å². The van der Waals surface area contributed by atoms with Crippen molar-refractivity contribution in [2.45, 2.75) is 25.7 Å². The maximum Gasteiger partial charge on any atom is 0.347 e. The summed E-state index contributed by atoms with van der Waals surface area (Å²) in [7, 11) is 0. The molecule has 0 aliphatic heterocycles. The topological polar surface area (TPSA) is 85.6 Å². The molecule has 0 heterocycles. The van der Waals surface area contributed by atoms with Crippen LogP contribution < -0.4 is 0 Å². The summed E-state index contributed by atoms with van der Waals surface area (Å²) in [4.78, 5) is 49.1. The maximum absolute atomic E-state index is 12.3. The summed E-state index contributed by atoms with van der Waals surface area (Å²) in [6, 6.07) is 0. The predicted molar refractivity (Wildman–Crippen MR) is 249 cm³/mol. The first-order chi connectivity index (χ1) is 29.4. The maximum atomic E-state index is 12.3. The van der Waals surface area contributed by atoms with Crippen molar-refractivity contribution < 1.29 is 19.2 Å². The first kappa shape index (κ1) is 38.0. The van der Waals surface area contributed by atoms with E-state index in [1.54, 1.807) is 0 Å². The molecule has 9 aliphatic carbocycles. The lowest BCUT2D eigenvalue weighted by molar-refractivity contribution is 0.661. The molecule has 0 amide bonds. The first-order valence-electron chi connectivity index (χ1n) is 20.3. The lowest BCUT2D eigenvalue weighted by atomic mass is 9.77. The molecule has 1 fully saturated rings. The molecule has 4 nitrogen and oxygen atoms in total. The molecule has 0 spiro atoms. The van der Waals surface area contributed by atoms with Gasteiger partial charge in [-0.2, -0.15) is 0 Å². The molecule has 0 unspecified atom stereocenters. The molecule has 8 bridgehead atoms. The summed E-state index contributed by atoms with van der Waals surface area (Å²) >= 11 is 0. The van der Waals surface area contributed by atoms with Gasteiger partial charge in [-0.15, -0.1) is 0 Å². The second-order valence-corrected chi connectivity index (χ2v) is 15.5. The summed E-state index contributed by atoms with van der Waals surface area (Å²) in [5.41, 5.74) is 12.7. The third kappa shape index (κ3) is 7.96. The van der Waals surface area contributed by atoms with Gasteiger partial charge in [-0.3, -0.25) is 19.2 Å². The Hall–Kier alpha value is -7.56. The van der Waals surface area contributed by atoms with Crippen molar-refractivity contribution in [3.05, 3.63) is 284 Å². The first-order valence-corrected chi connectivity index (χ1v) is 20.3. The molecule has 0 atom stereocenters. The monoisotopic (exact) mass is 780 g/mol. The molecular formula is C56H44O4+4. The van der Waals surface area contributed by atoms with Crippen molar-refractivity contribution in [2.75, 3.05) is 0 Å². The Kier molecular flexibility index (Phi) is 10.6. The van der Waals surface area contributed by atoms with Crippen molar-refractivity contribution >= 4 is 23.1 Å². The van der Waals surface area contributed by atoms with Gasteiger partial charge in [0, 0.05) is 25.7 Å². The lowest BCUT2D eigenvalue weighted by Crippen LogP contribution is -2.23. The fraction of sp³-hybridized carbons (Fsp3) is 0.0714. The molecule has 9 rings (SSSR count). The van der Waals surface area contributed by atoms with E-state index in [0.29, 0.717) is 44.6 Å². The Bertz CT molecular complexity index is 2300. The molecule has 1 saturated carbocycles. The molecule has 0 aromatic rings. The van der Waals surface area contributed by atoms with E-state index < -0.39 is 0 Å². The summed E-state index contributed by atoms with van der Waals surface area (Å²) in [6.45, 7) is 0. The minimum absolute atomic E-state index is 0.115. The van der Waals surface area contributed by atoms with Crippen LogP contribution >= 0.6 is 0 Å². The van der Waals surface area contributed by atoms with E-state index in [9.17, 15) is 19.2 Å². The lowest BCUT2D eigenvalue weighted by Gasteiger charge is -2.20. The van der Waals surface area contributed by atoms with Gasteiger partial charge in [-0.25, -0.2) is 0 Å². The van der Waals surface area contributed by atoms with Gasteiger partial charge in [0.2, 0.25) is 0 Å². The highest BCUT2D eigenvalue weighted by Crippen LogP contribution is 2.39. The van der Waals surface area contributed by atoms with Crippen LogP contribution in [-0.2, 0) is 0 Å². The average molecular weight is 781 g/mol. The minimum Gasteiger partial charge on any atom is -0.273 e. The van der Waals surface area contributed by atoms with Crippen LogP contribution in [0.15, 0.2) is 284 Å². The molecule has 0 saturated heterocycles. The summed E-state index contributed by atoms with van der Waals surface area (Å²) in [5, 5.41) is 0. The molecule has 4 heteroatoms. The van der Waals surface area contributed by atoms with Crippen molar-refractivity contribution in [2.24, 2.45) is 0 Å². The van der Waals surface area contributed by atoms with Gasteiger partial charge < -0.3 is 0 Å². The van der Waals surface area contributed by atoms with Gasteiger partial charge in [0.25, 0.3) is 0 Å². The Balaban J connectivity index is 1.26. The van der Waals surface area contributed by atoms with Crippen LogP contribution in [0.25, 0.3) is 0 Å². The van der Waals surface area contributed by atoms with Gasteiger partial charge in [0.1, 0.15) is 0 Å². The number of hydrogen-bond acceptors (Lipinski definition) is 0. The molecule has 0 aromatic carbocycles. The SMILES string of the molecule is [OH+]=C1C2=CC(=C3C=CC=CC=C3)C=C1CC1=CC(=C3C=CC=CC=C3)C=C(CC3=CC(=C4C=CC=CC=C4)C=C(CC4=CC(=C5C=CC=CC=C5)C=C(C2)C4=[OH+])C3=[OH+])C1=[OH+]. The Morgan fingerprint density at radius 3 is 0.500 bits per heavy atom. The van der Waals surface area contributed by atoms with Crippen molar-refractivity contribution in [3.63, 3.8) is 0 Å². The third-order valence-electron chi connectivity index (χ3n) is 11.5. The highest BCUT2D eigenvalue weighted by molar-refractivity contribution is 6.20. The van der Waals surface area contributed by atoms with Crippen LogP contribution in [0.3, 0.4) is 0 Å². The van der Waals surface area contributed by atoms with Gasteiger partial charge >= 0.3 is 23.1 Å². The standard InChI is InChI=1S/C56H40O4/c57-53-45-25-41(37-17-9-1-2-10-18-37)26-46(53)34-48-28-43(39-21-13-5-6-14-22-39)30-50(55(48)59)36-52-32-44(40-23-15-7-8-16-24-40)31-51(56(52)60)35-49-29-42(27-47(33-45)54(49)58)38-19-11-3-4-12-20-38/h1-32H,33-36H2/p+4. The Labute approximate surface area is 350 Å². The van der Waals surface area contributed by atoms with Crippen LogP contribution in [0.5, 0.6) is 0 Å². The van der Waals surface area contributed by atoms with Gasteiger partial charge in [-0.05, 0) is 93.2 Å². The quantitative estimate of drug-likeness (QED) is 0.219. The number of rotatable bonds is 0. The van der Waals surface area contributed by atoms with Crippen LogP contribution in [0.2, 0.25) is 0 Å². The molecule has 288 valence electrons. The largest absolute Gasteiger partial charge is 0.347 e. The van der Waals surface area contributed by atoms with Crippen molar-refractivity contribution in [1.82, 2.24) is 0 Å². The number of fused-ring (bicyclic) bond motifs is 8. The summed E-state index contributed by atoms with van der Waals surface area (Å²) in [5.74, 6) is 0.462. The van der Waals surface area contributed by atoms with E-state index in [4.69, 9.17) is 0 Å². The van der Waals surface area contributed by atoms with Crippen LogP contribution in [0.4, 0.5) is 0 Å². The van der Waals surface area contributed by atoms with Gasteiger partial charge in [-0.1, -0.05) is 146 Å². The fourth-order valence-electron chi connectivity index (χ4n) is 8.38. The van der Waals surface area contributed by atoms with Crippen LogP contribution in [-0.4, -0.2) is 42.3 Å². The molecule has 0 radical (unpaired) electrons. The predicted octanol–water partition coefficient (Wildman–Crippen LogP) is 11.1. The van der Waals surface area contributed by atoms with E-state index in [1.165, 1.54) is 0 Å². The smallest absolute Gasteiger partial charge is 0.273 e. The minimum atomic E-state index is 0.115. The number of hydrogen-bond donors (Lipinski definition) is 0. The zero-order valence-electron chi connectivity index (χ0n) is 33.1.